The Bertz CT molecular complexity index is 997. The first-order valence-electron chi connectivity index (χ1n) is 10.0. The number of aryl methyl sites for hydroxylation is 1. The van der Waals surface area contributed by atoms with Gasteiger partial charge < -0.3 is 14.0 Å². The lowest BCUT2D eigenvalue weighted by Gasteiger charge is -2.29. The molecule has 1 aliphatic rings. The van der Waals surface area contributed by atoms with E-state index in [9.17, 15) is 4.79 Å². The third-order valence-corrected chi connectivity index (χ3v) is 6.09. The number of fused-ring (bicyclic) bond motifs is 1. The molecule has 0 saturated heterocycles. The average Bonchev–Trinajstić information content (AvgIpc) is 3.38. The van der Waals surface area contributed by atoms with Gasteiger partial charge in [-0.25, -0.2) is 4.98 Å². The molecule has 1 fully saturated rings. The van der Waals surface area contributed by atoms with E-state index in [-0.39, 0.29) is 11.9 Å². The molecule has 0 unspecified atom stereocenters. The maximum atomic E-state index is 13.5. The molecule has 4 rings (SSSR count). The lowest BCUT2D eigenvalue weighted by atomic mass is 10.1. The van der Waals surface area contributed by atoms with Crippen LogP contribution in [-0.2, 0) is 13.6 Å². The van der Waals surface area contributed by atoms with Crippen LogP contribution in [0.1, 0.15) is 61.6 Å². The van der Waals surface area contributed by atoms with Crippen LogP contribution in [0.2, 0.25) is 5.28 Å². The Labute approximate surface area is 170 Å². The van der Waals surface area contributed by atoms with Crippen molar-refractivity contribution in [3.05, 3.63) is 53.1 Å². The summed E-state index contributed by atoms with van der Waals surface area (Å²) in [6.07, 6.45) is 6.56. The average molecular weight is 399 g/mol. The zero-order chi connectivity index (χ0) is 19.8. The van der Waals surface area contributed by atoms with Crippen molar-refractivity contribution >= 4 is 28.5 Å². The quantitative estimate of drug-likeness (QED) is 0.593. The SMILES string of the molecule is CC(C)n1c(Cl)nc2cc(C(=O)N(Cc3cccn3C)C3CCCC3)ccc21. The van der Waals surface area contributed by atoms with E-state index in [1.54, 1.807) is 0 Å². The van der Waals surface area contributed by atoms with Crippen molar-refractivity contribution in [2.45, 2.75) is 58.2 Å². The van der Waals surface area contributed by atoms with E-state index >= 15 is 0 Å². The predicted octanol–water partition coefficient (Wildman–Crippen LogP) is 5.19. The number of carbonyl (C=O) groups excluding carboxylic acids is 1. The lowest BCUT2D eigenvalue weighted by Crippen LogP contribution is -2.38. The van der Waals surface area contributed by atoms with Crippen LogP contribution in [0.3, 0.4) is 0 Å². The highest BCUT2D eigenvalue weighted by atomic mass is 35.5. The zero-order valence-corrected chi connectivity index (χ0v) is 17.5. The molecule has 0 bridgehead atoms. The summed E-state index contributed by atoms with van der Waals surface area (Å²) in [5.74, 6) is 0.0743. The van der Waals surface area contributed by atoms with Crippen molar-refractivity contribution in [1.29, 1.82) is 0 Å². The third-order valence-electron chi connectivity index (χ3n) is 5.82. The van der Waals surface area contributed by atoms with E-state index in [1.165, 1.54) is 12.8 Å². The molecule has 148 valence electrons. The molecule has 1 amide bonds. The normalized spacial score (nSPS) is 15.0. The first kappa shape index (κ1) is 19.1. The van der Waals surface area contributed by atoms with Gasteiger partial charge in [0.2, 0.25) is 5.28 Å². The van der Waals surface area contributed by atoms with Crippen LogP contribution in [0.5, 0.6) is 0 Å². The molecule has 28 heavy (non-hydrogen) atoms. The molecule has 0 atom stereocenters. The number of carbonyl (C=O) groups is 1. The minimum atomic E-state index is 0.0743. The van der Waals surface area contributed by atoms with Gasteiger partial charge in [-0.3, -0.25) is 4.79 Å². The van der Waals surface area contributed by atoms with E-state index in [0.29, 0.717) is 23.4 Å². The molecule has 5 nitrogen and oxygen atoms in total. The molecule has 1 aromatic carbocycles. The van der Waals surface area contributed by atoms with Gasteiger partial charge in [-0.2, -0.15) is 0 Å². The zero-order valence-electron chi connectivity index (χ0n) is 16.7. The molecular weight excluding hydrogens is 372 g/mol. The molecule has 2 aromatic heterocycles. The number of amides is 1. The molecule has 0 spiro atoms. The fraction of sp³-hybridized carbons (Fsp3) is 0.455. The fourth-order valence-corrected chi connectivity index (χ4v) is 4.65. The maximum Gasteiger partial charge on any atom is 0.254 e. The summed E-state index contributed by atoms with van der Waals surface area (Å²) >= 11 is 6.33. The smallest absolute Gasteiger partial charge is 0.254 e. The molecular formula is C22H27ClN4O. The summed E-state index contributed by atoms with van der Waals surface area (Å²) in [6, 6.07) is 10.4. The lowest BCUT2D eigenvalue weighted by molar-refractivity contribution is 0.0660. The van der Waals surface area contributed by atoms with Crippen LogP contribution >= 0.6 is 11.6 Å². The Morgan fingerprint density at radius 3 is 2.68 bits per heavy atom. The largest absolute Gasteiger partial charge is 0.353 e. The first-order valence-corrected chi connectivity index (χ1v) is 10.4. The van der Waals surface area contributed by atoms with Gasteiger partial charge in [0.05, 0.1) is 17.6 Å². The van der Waals surface area contributed by atoms with Gasteiger partial charge >= 0.3 is 0 Å². The number of imidazole rings is 1. The molecule has 3 aromatic rings. The number of rotatable bonds is 5. The van der Waals surface area contributed by atoms with Gasteiger partial charge in [0.25, 0.3) is 5.91 Å². The number of hydrogen-bond donors (Lipinski definition) is 0. The predicted molar refractivity (Wildman–Crippen MR) is 113 cm³/mol. The minimum Gasteiger partial charge on any atom is -0.353 e. The van der Waals surface area contributed by atoms with Crippen LogP contribution in [0, 0.1) is 0 Å². The second-order valence-corrected chi connectivity index (χ2v) is 8.37. The van der Waals surface area contributed by atoms with Gasteiger partial charge in [-0.1, -0.05) is 12.8 Å². The van der Waals surface area contributed by atoms with Crippen molar-refractivity contribution in [2.75, 3.05) is 0 Å². The number of nitrogens with zero attached hydrogens (tertiary/aromatic N) is 4. The van der Waals surface area contributed by atoms with Gasteiger partial charge in [0.1, 0.15) is 0 Å². The van der Waals surface area contributed by atoms with Crippen LogP contribution < -0.4 is 0 Å². The van der Waals surface area contributed by atoms with E-state index in [4.69, 9.17) is 11.6 Å². The Hall–Kier alpha value is -2.27. The Kier molecular flexibility index (Phi) is 5.19. The first-order chi connectivity index (χ1) is 13.5. The van der Waals surface area contributed by atoms with Crippen molar-refractivity contribution in [3.63, 3.8) is 0 Å². The minimum absolute atomic E-state index is 0.0743. The Morgan fingerprint density at radius 1 is 1.29 bits per heavy atom. The summed E-state index contributed by atoms with van der Waals surface area (Å²) in [5.41, 5.74) is 3.56. The summed E-state index contributed by atoms with van der Waals surface area (Å²) in [4.78, 5) is 20.0. The fourth-order valence-electron chi connectivity index (χ4n) is 4.28. The van der Waals surface area contributed by atoms with Crippen molar-refractivity contribution < 1.29 is 4.79 Å². The highest BCUT2D eigenvalue weighted by molar-refractivity contribution is 6.29. The van der Waals surface area contributed by atoms with Crippen molar-refractivity contribution in [3.8, 4) is 0 Å². The second kappa shape index (κ2) is 7.63. The summed E-state index contributed by atoms with van der Waals surface area (Å²) in [6.45, 7) is 4.79. The van der Waals surface area contributed by atoms with Gasteiger partial charge in [-0.15, -0.1) is 0 Å². The Morgan fingerprint density at radius 2 is 2.04 bits per heavy atom. The molecule has 2 heterocycles. The highest BCUT2D eigenvalue weighted by Crippen LogP contribution is 2.29. The van der Waals surface area contributed by atoms with Crippen molar-refractivity contribution in [1.82, 2.24) is 19.0 Å². The highest BCUT2D eigenvalue weighted by Gasteiger charge is 2.28. The molecule has 0 aliphatic heterocycles. The van der Waals surface area contributed by atoms with Gasteiger partial charge in [0.15, 0.2) is 0 Å². The van der Waals surface area contributed by atoms with E-state index in [1.807, 2.05) is 47.0 Å². The maximum absolute atomic E-state index is 13.5. The monoisotopic (exact) mass is 398 g/mol. The van der Waals surface area contributed by atoms with Crippen molar-refractivity contribution in [2.24, 2.45) is 7.05 Å². The van der Waals surface area contributed by atoms with Gasteiger partial charge in [-0.05, 0) is 68.6 Å². The number of benzene rings is 1. The van der Waals surface area contributed by atoms with E-state index in [2.05, 4.69) is 29.5 Å². The number of halogens is 1. The van der Waals surface area contributed by atoms with Crippen LogP contribution in [0.4, 0.5) is 0 Å². The summed E-state index contributed by atoms with van der Waals surface area (Å²) in [7, 11) is 2.03. The number of hydrogen-bond acceptors (Lipinski definition) is 2. The topological polar surface area (TPSA) is 43.1 Å². The van der Waals surface area contributed by atoms with E-state index < -0.39 is 0 Å². The second-order valence-electron chi connectivity index (χ2n) is 8.03. The van der Waals surface area contributed by atoms with E-state index in [0.717, 1.165) is 29.6 Å². The van der Waals surface area contributed by atoms with Gasteiger partial charge in [0, 0.05) is 36.6 Å². The molecule has 6 heteroatoms. The summed E-state index contributed by atoms with van der Waals surface area (Å²) in [5, 5.41) is 0.464. The standard InChI is InChI=1S/C22H27ClN4O/c1-15(2)27-20-11-10-16(13-19(20)24-22(27)23)21(28)26(17-7-4-5-8-17)14-18-9-6-12-25(18)3/h6,9-13,15,17H,4-5,7-8,14H2,1-3H3. The molecule has 1 aliphatic carbocycles. The van der Waals surface area contributed by atoms with Crippen LogP contribution in [0.15, 0.2) is 36.5 Å². The number of aromatic nitrogens is 3. The Balaban J connectivity index is 1.68. The van der Waals surface area contributed by atoms with Crippen LogP contribution in [0.25, 0.3) is 11.0 Å². The summed E-state index contributed by atoms with van der Waals surface area (Å²) < 4.78 is 4.08. The molecule has 0 N–H and O–H groups in total. The molecule has 0 radical (unpaired) electrons. The molecule has 1 saturated carbocycles. The third kappa shape index (κ3) is 3.44. The van der Waals surface area contributed by atoms with Crippen LogP contribution in [-0.4, -0.2) is 31.0 Å².